The fourth-order valence-electron chi connectivity index (χ4n) is 2.39. The fraction of sp³-hybridized carbons (Fsp3) is 0.600. The number of nitrogens with one attached hydrogen (secondary N) is 3. The van der Waals surface area contributed by atoms with Crippen LogP contribution >= 0.6 is 0 Å². The maximum Gasteiger partial charge on any atom is 0.223 e. The van der Waals surface area contributed by atoms with Crippen molar-refractivity contribution in [3.63, 3.8) is 0 Å². The molecule has 1 aliphatic rings. The summed E-state index contributed by atoms with van der Waals surface area (Å²) in [6.45, 7) is 9.57. The maximum absolute atomic E-state index is 11.6. The average molecular weight is 361 g/mol. The van der Waals surface area contributed by atoms with Crippen molar-refractivity contribution in [1.82, 2.24) is 16.0 Å². The van der Waals surface area contributed by atoms with Crippen molar-refractivity contribution in [2.45, 2.75) is 40.2 Å². The summed E-state index contributed by atoms with van der Waals surface area (Å²) in [5.41, 5.74) is 1.06. The lowest BCUT2D eigenvalue weighted by molar-refractivity contribution is -0.122. The van der Waals surface area contributed by atoms with E-state index in [9.17, 15) is 4.79 Å². The molecule has 0 radical (unpaired) electrons. The second kappa shape index (κ2) is 10.7. The highest BCUT2D eigenvalue weighted by Crippen LogP contribution is 2.28. The molecular weight excluding hydrogens is 328 g/mol. The highest BCUT2D eigenvalue weighted by Gasteiger charge is 2.28. The Morgan fingerprint density at radius 2 is 1.92 bits per heavy atom. The van der Waals surface area contributed by atoms with E-state index in [0.29, 0.717) is 32.2 Å². The van der Waals surface area contributed by atoms with E-state index in [0.717, 1.165) is 36.7 Å². The van der Waals surface area contributed by atoms with E-state index in [1.54, 1.807) is 0 Å². The van der Waals surface area contributed by atoms with Crippen LogP contribution in [-0.2, 0) is 11.3 Å². The van der Waals surface area contributed by atoms with Gasteiger partial charge in [0.05, 0.1) is 13.2 Å². The molecule has 6 nitrogen and oxygen atoms in total. The average Bonchev–Trinajstić information content (AvgIpc) is 3.47. The molecule has 1 aliphatic carbocycles. The van der Waals surface area contributed by atoms with Crippen LogP contribution in [0.1, 0.15) is 39.2 Å². The molecule has 0 unspecified atom stereocenters. The van der Waals surface area contributed by atoms with E-state index >= 15 is 0 Å². The Morgan fingerprint density at radius 1 is 1.19 bits per heavy atom. The van der Waals surface area contributed by atoms with Crippen molar-refractivity contribution < 1.29 is 9.53 Å². The Hall–Kier alpha value is -2.24. The van der Waals surface area contributed by atoms with Gasteiger partial charge in [-0.1, -0.05) is 32.0 Å². The van der Waals surface area contributed by atoms with Crippen LogP contribution in [0.15, 0.2) is 29.3 Å². The lowest BCUT2D eigenvalue weighted by Crippen LogP contribution is -2.41. The summed E-state index contributed by atoms with van der Waals surface area (Å²) >= 11 is 0. The minimum Gasteiger partial charge on any atom is -0.493 e. The van der Waals surface area contributed by atoms with E-state index in [4.69, 9.17) is 4.74 Å². The van der Waals surface area contributed by atoms with Crippen LogP contribution in [0.4, 0.5) is 0 Å². The van der Waals surface area contributed by atoms with Gasteiger partial charge in [-0.25, -0.2) is 4.99 Å². The number of hydrogen-bond donors (Lipinski definition) is 3. The molecule has 0 aromatic heterocycles. The number of carbonyl (C=O) groups is 1. The van der Waals surface area contributed by atoms with Gasteiger partial charge in [0, 0.05) is 31.1 Å². The van der Waals surface area contributed by atoms with E-state index in [1.807, 2.05) is 31.2 Å². The molecule has 0 atom stereocenters. The van der Waals surface area contributed by atoms with Gasteiger partial charge in [0.1, 0.15) is 5.75 Å². The van der Waals surface area contributed by atoms with Crippen molar-refractivity contribution in [2.24, 2.45) is 16.8 Å². The lowest BCUT2D eigenvalue weighted by atomic mass is 10.2. The smallest absolute Gasteiger partial charge is 0.223 e. The topological polar surface area (TPSA) is 74.8 Å². The lowest BCUT2D eigenvalue weighted by Gasteiger charge is -2.14. The third-order valence-electron chi connectivity index (χ3n) is 3.96. The summed E-state index contributed by atoms with van der Waals surface area (Å²) in [5.74, 6) is 2.53. The van der Waals surface area contributed by atoms with Gasteiger partial charge >= 0.3 is 0 Å². The van der Waals surface area contributed by atoms with Crippen molar-refractivity contribution >= 4 is 11.9 Å². The van der Waals surface area contributed by atoms with Crippen molar-refractivity contribution in [3.05, 3.63) is 29.8 Å². The quantitative estimate of drug-likeness (QED) is 0.340. The molecule has 2 rings (SSSR count). The molecule has 0 bridgehead atoms. The standard InChI is InChI=1S/C20H32N4O2/c1-4-21-20(23-12-11-22-19(25)16-9-10-16)24-13-17-7-5-6-8-18(17)26-14-15(2)3/h5-8,15-16H,4,9-14H2,1-3H3,(H,22,25)(H2,21,23,24). The van der Waals surface area contributed by atoms with Crippen LogP contribution in [0.2, 0.25) is 0 Å². The Labute approximate surface area is 156 Å². The molecule has 144 valence electrons. The van der Waals surface area contributed by atoms with Crippen LogP contribution in [0.25, 0.3) is 0 Å². The van der Waals surface area contributed by atoms with Gasteiger partial charge in [-0.3, -0.25) is 4.79 Å². The molecule has 1 saturated carbocycles. The minimum atomic E-state index is 0.171. The summed E-state index contributed by atoms with van der Waals surface area (Å²) in [7, 11) is 0. The van der Waals surface area contributed by atoms with Crippen LogP contribution in [-0.4, -0.2) is 38.1 Å². The van der Waals surface area contributed by atoms with E-state index < -0.39 is 0 Å². The molecule has 3 N–H and O–H groups in total. The Morgan fingerprint density at radius 3 is 2.62 bits per heavy atom. The van der Waals surface area contributed by atoms with E-state index in [2.05, 4.69) is 34.8 Å². The van der Waals surface area contributed by atoms with Gasteiger partial charge in [0.15, 0.2) is 5.96 Å². The van der Waals surface area contributed by atoms with Crippen LogP contribution in [0, 0.1) is 11.8 Å². The first-order chi connectivity index (χ1) is 12.6. The van der Waals surface area contributed by atoms with Crippen LogP contribution in [0.5, 0.6) is 5.75 Å². The van der Waals surface area contributed by atoms with Crippen molar-refractivity contribution in [3.8, 4) is 5.75 Å². The largest absolute Gasteiger partial charge is 0.493 e. The second-order valence-electron chi connectivity index (χ2n) is 7.00. The minimum absolute atomic E-state index is 0.171. The predicted molar refractivity (Wildman–Crippen MR) is 105 cm³/mol. The molecule has 1 fully saturated rings. The first-order valence-corrected chi connectivity index (χ1v) is 9.60. The molecule has 1 aromatic carbocycles. The monoisotopic (exact) mass is 360 g/mol. The van der Waals surface area contributed by atoms with Crippen LogP contribution in [0.3, 0.4) is 0 Å². The zero-order chi connectivity index (χ0) is 18.8. The molecule has 26 heavy (non-hydrogen) atoms. The molecule has 0 spiro atoms. The predicted octanol–water partition coefficient (Wildman–Crippen LogP) is 2.30. The zero-order valence-electron chi connectivity index (χ0n) is 16.2. The van der Waals surface area contributed by atoms with Gasteiger partial charge in [-0.05, 0) is 31.7 Å². The number of aliphatic imine (C=N–C) groups is 1. The molecule has 0 heterocycles. The number of amides is 1. The third-order valence-corrected chi connectivity index (χ3v) is 3.96. The van der Waals surface area contributed by atoms with E-state index in [-0.39, 0.29) is 11.8 Å². The number of guanidine groups is 1. The summed E-state index contributed by atoms with van der Waals surface area (Å²) in [5, 5.41) is 9.44. The number of benzene rings is 1. The van der Waals surface area contributed by atoms with Gasteiger partial charge in [-0.2, -0.15) is 0 Å². The summed E-state index contributed by atoms with van der Waals surface area (Å²) in [6, 6.07) is 8.01. The molecular formula is C20H32N4O2. The first-order valence-electron chi connectivity index (χ1n) is 9.60. The first kappa shape index (κ1) is 20.1. The number of rotatable bonds is 10. The summed E-state index contributed by atoms with van der Waals surface area (Å²) in [4.78, 5) is 16.3. The maximum atomic E-state index is 11.6. The van der Waals surface area contributed by atoms with Gasteiger partial charge in [0.2, 0.25) is 5.91 Å². The molecule has 0 aliphatic heterocycles. The second-order valence-corrected chi connectivity index (χ2v) is 7.00. The van der Waals surface area contributed by atoms with Crippen molar-refractivity contribution in [1.29, 1.82) is 0 Å². The molecule has 0 saturated heterocycles. The van der Waals surface area contributed by atoms with Gasteiger partial charge in [0.25, 0.3) is 0 Å². The Kier molecular flexibility index (Phi) is 8.25. The zero-order valence-corrected chi connectivity index (χ0v) is 16.2. The number of nitrogens with zero attached hydrogens (tertiary/aromatic N) is 1. The highest BCUT2D eigenvalue weighted by atomic mass is 16.5. The Bertz CT molecular complexity index is 597. The number of para-hydroxylation sites is 1. The fourth-order valence-corrected chi connectivity index (χ4v) is 2.39. The van der Waals surface area contributed by atoms with E-state index in [1.165, 1.54) is 0 Å². The molecule has 1 aromatic rings. The Balaban J connectivity index is 1.84. The highest BCUT2D eigenvalue weighted by molar-refractivity contribution is 5.81. The van der Waals surface area contributed by atoms with Gasteiger partial charge < -0.3 is 20.7 Å². The SMILES string of the molecule is CCNC(=NCc1ccccc1OCC(C)C)NCCNC(=O)C1CC1. The molecule has 1 amide bonds. The number of carbonyl (C=O) groups excluding carboxylic acids is 1. The number of ether oxygens (including phenoxy) is 1. The van der Waals surface area contributed by atoms with Crippen LogP contribution < -0.4 is 20.7 Å². The molecule has 6 heteroatoms. The van der Waals surface area contributed by atoms with Gasteiger partial charge in [-0.15, -0.1) is 0 Å². The normalized spacial score (nSPS) is 14.2. The summed E-state index contributed by atoms with van der Waals surface area (Å²) < 4.78 is 5.89. The third kappa shape index (κ3) is 7.33. The number of hydrogen-bond acceptors (Lipinski definition) is 3. The summed E-state index contributed by atoms with van der Waals surface area (Å²) in [6.07, 6.45) is 2.06. The van der Waals surface area contributed by atoms with Crippen molar-refractivity contribution in [2.75, 3.05) is 26.2 Å².